The molecule has 0 aliphatic carbocycles. The molecule has 3 aromatic rings. The molecule has 2 aromatic carbocycles. The van der Waals surface area contributed by atoms with Crippen LogP contribution in [0.2, 0.25) is 0 Å². The van der Waals surface area contributed by atoms with Crippen LogP contribution >= 0.6 is 0 Å². The summed E-state index contributed by atoms with van der Waals surface area (Å²) >= 11 is 0. The molecule has 1 unspecified atom stereocenters. The summed E-state index contributed by atoms with van der Waals surface area (Å²) in [5, 5.41) is 2.07. The first kappa shape index (κ1) is 13.7. The van der Waals surface area contributed by atoms with Crippen molar-refractivity contribution in [1.29, 1.82) is 0 Å². The van der Waals surface area contributed by atoms with Crippen molar-refractivity contribution in [2.75, 3.05) is 6.61 Å². The molecule has 0 saturated heterocycles. The fourth-order valence-electron chi connectivity index (χ4n) is 2.32. The van der Waals surface area contributed by atoms with Gasteiger partial charge >= 0.3 is 0 Å². The maximum Gasteiger partial charge on any atom is 0.172 e. The van der Waals surface area contributed by atoms with Crippen LogP contribution in [-0.4, -0.2) is 12.4 Å². The number of furan rings is 1. The molecule has 0 fully saturated rings. The number of hydrogen-bond acceptors (Lipinski definition) is 3. The lowest BCUT2D eigenvalue weighted by atomic mass is 10.0. The molecular weight excluding hydrogens is 264 g/mol. The van der Waals surface area contributed by atoms with Gasteiger partial charge in [-0.2, -0.15) is 0 Å². The number of Topliss-reactive ketones (excluding diaryl/α,β-unsaturated/α-hetero) is 1. The van der Waals surface area contributed by atoms with E-state index >= 15 is 0 Å². The molecule has 1 heterocycles. The van der Waals surface area contributed by atoms with Gasteiger partial charge in [-0.15, -0.1) is 0 Å². The van der Waals surface area contributed by atoms with Crippen molar-refractivity contribution in [3.8, 4) is 5.75 Å². The Balaban J connectivity index is 1.87. The van der Waals surface area contributed by atoms with Gasteiger partial charge in [-0.1, -0.05) is 32.0 Å². The summed E-state index contributed by atoms with van der Waals surface area (Å²) in [6.45, 7) is 4.06. The Hall–Kier alpha value is -2.29. The molecule has 0 aliphatic rings. The predicted octanol–water partition coefficient (Wildman–Crippen LogP) is 4.58. The van der Waals surface area contributed by atoms with Crippen molar-refractivity contribution in [2.24, 2.45) is 5.92 Å². The molecule has 0 spiro atoms. The minimum atomic E-state index is 0.0449. The van der Waals surface area contributed by atoms with E-state index < -0.39 is 0 Å². The van der Waals surface area contributed by atoms with Gasteiger partial charge in [-0.05, 0) is 30.7 Å². The highest BCUT2D eigenvalue weighted by Gasteiger charge is 2.12. The fourth-order valence-corrected chi connectivity index (χ4v) is 2.32. The number of carbonyl (C=O) groups excluding carboxylic acids is 1. The van der Waals surface area contributed by atoms with Crippen molar-refractivity contribution < 1.29 is 13.9 Å². The molecule has 0 saturated carbocycles. The first-order valence-corrected chi connectivity index (χ1v) is 7.26. The Morgan fingerprint density at radius 1 is 1.14 bits per heavy atom. The van der Waals surface area contributed by atoms with E-state index in [0.29, 0.717) is 5.75 Å². The third-order valence-corrected chi connectivity index (χ3v) is 3.89. The van der Waals surface area contributed by atoms with Crippen molar-refractivity contribution in [1.82, 2.24) is 0 Å². The van der Waals surface area contributed by atoms with Gasteiger partial charge in [-0.25, -0.2) is 0 Å². The van der Waals surface area contributed by atoms with Crippen LogP contribution in [0.3, 0.4) is 0 Å². The van der Waals surface area contributed by atoms with E-state index in [4.69, 9.17) is 9.15 Å². The summed E-state index contributed by atoms with van der Waals surface area (Å²) in [6, 6.07) is 13.6. The van der Waals surface area contributed by atoms with Gasteiger partial charge in [-0.3, -0.25) is 4.79 Å². The molecule has 1 aromatic heterocycles. The number of ether oxygens (including phenoxy) is 1. The van der Waals surface area contributed by atoms with E-state index in [1.807, 2.05) is 56.3 Å². The Labute approximate surface area is 123 Å². The molecule has 3 rings (SSSR count). The Morgan fingerprint density at radius 2 is 1.90 bits per heavy atom. The van der Waals surface area contributed by atoms with Gasteiger partial charge in [0.25, 0.3) is 0 Å². The van der Waals surface area contributed by atoms with Gasteiger partial charge in [0, 0.05) is 16.7 Å². The highest BCUT2D eigenvalue weighted by atomic mass is 16.5. The fraction of sp³-hybridized carbons (Fsp3) is 0.278. The molecule has 3 nitrogen and oxygen atoms in total. The van der Waals surface area contributed by atoms with Crippen LogP contribution in [0.5, 0.6) is 5.75 Å². The Morgan fingerprint density at radius 3 is 2.71 bits per heavy atom. The van der Waals surface area contributed by atoms with Crippen molar-refractivity contribution in [3.05, 3.63) is 42.5 Å². The molecule has 0 aliphatic heterocycles. The Kier molecular flexibility index (Phi) is 3.65. The average molecular weight is 282 g/mol. The minimum absolute atomic E-state index is 0.0449. The quantitative estimate of drug-likeness (QED) is 0.687. The number of para-hydroxylation sites is 1. The second-order valence-corrected chi connectivity index (χ2v) is 5.32. The normalized spacial score (nSPS) is 12.7. The summed E-state index contributed by atoms with van der Waals surface area (Å²) in [5.41, 5.74) is 1.69. The highest BCUT2D eigenvalue weighted by Crippen LogP contribution is 2.31. The van der Waals surface area contributed by atoms with Crippen LogP contribution in [0.15, 0.2) is 46.9 Å². The second-order valence-electron chi connectivity index (χ2n) is 5.32. The molecule has 0 bridgehead atoms. The Bertz CT molecular complexity index is 785. The molecular formula is C18H18O3. The van der Waals surface area contributed by atoms with Gasteiger partial charge in [0.05, 0.1) is 0 Å². The number of ketones is 1. The first-order valence-electron chi connectivity index (χ1n) is 7.26. The summed E-state index contributed by atoms with van der Waals surface area (Å²) in [4.78, 5) is 11.8. The van der Waals surface area contributed by atoms with E-state index in [2.05, 4.69) is 0 Å². The lowest BCUT2D eigenvalue weighted by Gasteiger charge is -2.09. The van der Waals surface area contributed by atoms with Crippen LogP contribution in [-0.2, 0) is 4.79 Å². The van der Waals surface area contributed by atoms with E-state index in [9.17, 15) is 4.79 Å². The highest BCUT2D eigenvalue weighted by molar-refractivity contribution is 6.05. The summed E-state index contributed by atoms with van der Waals surface area (Å²) in [5.74, 6) is 0.879. The zero-order chi connectivity index (χ0) is 14.8. The van der Waals surface area contributed by atoms with Gasteiger partial charge in [0.1, 0.15) is 23.5 Å². The topological polar surface area (TPSA) is 39.4 Å². The second kappa shape index (κ2) is 5.60. The number of carbonyl (C=O) groups is 1. The lowest BCUT2D eigenvalue weighted by molar-refractivity contribution is -0.124. The first-order chi connectivity index (χ1) is 10.2. The van der Waals surface area contributed by atoms with E-state index in [1.54, 1.807) is 0 Å². The molecule has 1 atom stereocenters. The van der Waals surface area contributed by atoms with E-state index in [-0.39, 0.29) is 18.3 Å². The minimum Gasteiger partial charge on any atom is -0.486 e. The lowest BCUT2D eigenvalue weighted by Crippen LogP contribution is -2.18. The number of hydrogen-bond donors (Lipinski definition) is 0. The van der Waals surface area contributed by atoms with Crippen LogP contribution in [0.4, 0.5) is 0 Å². The van der Waals surface area contributed by atoms with Crippen molar-refractivity contribution in [2.45, 2.75) is 20.3 Å². The molecule has 0 amide bonds. The monoisotopic (exact) mass is 282 g/mol. The number of rotatable bonds is 5. The zero-order valence-corrected chi connectivity index (χ0v) is 12.3. The maximum atomic E-state index is 11.8. The van der Waals surface area contributed by atoms with Gasteiger partial charge in [0.2, 0.25) is 0 Å². The molecule has 0 N–H and O–H groups in total. The van der Waals surface area contributed by atoms with Gasteiger partial charge in [0.15, 0.2) is 5.78 Å². The average Bonchev–Trinajstić information content (AvgIpc) is 2.89. The van der Waals surface area contributed by atoms with Crippen molar-refractivity contribution >= 4 is 27.7 Å². The molecule has 108 valence electrons. The summed E-state index contributed by atoms with van der Waals surface area (Å²) in [6.07, 6.45) is 0.841. The third kappa shape index (κ3) is 2.64. The number of fused-ring (bicyclic) bond motifs is 3. The largest absolute Gasteiger partial charge is 0.486 e. The summed E-state index contributed by atoms with van der Waals surface area (Å²) < 4.78 is 11.4. The molecule has 0 radical (unpaired) electrons. The smallest absolute Gasteiger partial charge is 0.172 e. The predicted molar refractivity (Wildman–Crippen MR) is 83.7 cm³/mol. The third-order valence-electron chi connectivity index (χ3n) is 3.89. The van der Waals surface area contributed by atoms with Crippen molar-refractivity contribution in [3.63, 3.8) is 0 Å². The van der Waals surface area contributed by atoms with E-state index in [0.717, 1.165) is 28.4 Å². The molecule has 21 heavy (non-hydrogen) atoms. The van der Waals surface area contributed by atoms with Crippen LogP contribution < -0.4 is 4.74 Å². The van der Waals surface area contributed by atoms with Crippen LogP contribution in [0.25, 0.3) is 21.9 Å². The van der Waals surface area contributed by atoms with Gasteiger partial charge < -0.3 is 9.15 Å². The molecule has 3 heteroatoms. The zero-order valence-electron chi connectivity index (χ0n) is 12.3. The van der Waals surface area contributed by atoms with Crippen LogP contribution in [0, 0.1) is 5.92 Å². The SMILES string of the molecule is CCC(C)C(=O)COc1ccc2oc3ccccc3c2c1. The number of benzene rings is 2. The maximum absolute atomic E-state index is 11.8. The summed E-state index contributed by atoms with van der Waals surface area (Å²) in [7, 11) is 0. The van der Waals surface area contributed by atoms with Crippen LogP contribution in [0.1, 0.15) is 20.3 Å². The van der Waals surface area contributed by atoms with E-state index in [1.165, 1.54) is 0 Å². The standard InChI is InChI=1S/C18H18O3/c1-3-12(2)16(19)11-20-13-8-9-18-15(10-13)14-6-4-5-7-17(14)21-18/h4-10,12H,3,11H2,1-2H3.